The predicted octanol–water partition coefficient (Wildman–Crippen LogP) is 1.42. The van der Waals surface area contributed by atoms with Crippen molar-refractivity contribution in [2.24, 2.45) is 5.92 Å². The Kier molecular flexibility index (Phi) is 2.29. The van der Waals surface area contributed by atoms with Gasteiger partial charge < -0.3 is 14.0 Å². The molecule has 1 fully saturated rings. The van der Waals surface area contributed by atoms with Crippen LogP contribution in [0, 0.1) is 5.92 Å². The summed E-state index contributed by atoms with van der Waals surface area (Å²) in [4.78, 5) is 6.65. The monoisotopic (exact) mass is 217 g/mol. The van der Waals surface area contributed by atoms with Crippen LogP contribution in [0.3, 0.4) is 0 Å². The van der Waals surface area contributed by atoms with Crippen molar-refractivity contribution in [3.05, 3.63) is 30.7 Å². The average molecular weight is 217 g/mol. The van der Waals surface area contributed by atoms with Crippen LogP contribution in [0.2, 0.25) is 0 Å². The molecule has 0 amide bonds. The van der Waals surface area contributed by atoms with Crippen molar-refractivity contribution in [3.63, 3.8) is 0 Å². The second-order valence-electron chi connectivity index (χ2n) is 4.30. The largest absolute Gasteiger partial charge is 0.384 e. The number of pyridine rings is 1. The standard InChI is InChI=1S/C12H15N3O/c1-16-9-10-7-15(8-10)11-2-4-14-5-3-13-12(14)6-11/h2-6,10H,7-9H2,1H3. The van der Waals surface area contributed by atoms with Crippen molar-refractivity contribution in [1.82, 2.24) is 9.38 Å². The van der Waals surface area contributed by atoms with Gasteiger partial charge in [-0.05, 0) is 6.07 Å². The molecular formula is C12H15N3O. The minimum atomic E-state index is 0.681. The van der Waals surface area contributed by atoms with E-state index in [4.69, 9.17) is 4.74 Å². The van der Waals surface area contributed by atoms with E-state index < -0.39 is 0 Å². The summed E-state index contributed by atoms with van der Waals surface area (Å²) in [5, 5.41) is 0. The molecular weight excluding hydrogens is 202 g/mol. The van der Waals surface area contributed by atoms with Crippen LogP contribution < -0.4 is 4.90 Å². The molecule has 0 unspecified atom stereocenters. The van der Waals surface area contributed by atoms with Crippen LogP contribution in [-0.2, 0) is 4.74 Å². The Labute approximate surface area is 94.5 Å². The summed E-state index contributed by atoms with van der Waals surface area (Å²) in [6, 6.07) is 4.26. The van der Waals surface area contributed by atoms with Gasteiger partial charge in [-0.3, -0.25) is 0 Å². The van der Waals surface area contributed by atoms with Crippen LogP contribution in [0.1, 0.15) is 0 Å². The summed E-state index contributed by atoms with van der Waals surface area (Å²) >= 11 is 0. The topological polar surface area (TPSA) is 29.8 Å². The molecule has 0 aromatic carbocycles. The van der Waals surface area contributed by atoms with E-state index in [2.05, 4.69) is 28.2 Å². The van der Waals surface area contributed by atoms with Gasteiger partial charge in [0.1, 0.15) is 5.65 Å². The van der Waals surface area contributed by atoms with Crippen molar-refractivity contribution in [1.29, 1.82) is 0 Å². The normalized spacial score (nSPS) is 16.7. The molecule has 1 saturated heterocycles. The van der Waals surface area contributed by atoms with E-state index in [0.29, 0.717) is 5.92 Å². The van der Waals surface area contributed by atoms with E-state index in [1.807, 2.05) is 16.8 Å². The Morgan fingerprint density at radius 2 is 2.31 bits per heavy atom. The van der Waals surface area contributed by atoms with Crippen molar-refractivity contribution < 1.29 is 4.74 Å². The molecule has 1 aliphatic heterocycles. The number of methoxy groups -OCH3 is 1. The molecule has 84 valence electrons. The minimum Gasteiger partial charge on any atom is -0.384 e. The van der Waals surface area contributed by atoms with Crippen LogP contribution in [0.25, 0.3) is 5.65 Å². The van der Waals surface area contributed by atoms with E-state index >= 15 is 0 Å². The number of rotatable bonds is 3. The maximum Gasteiger partial charge on any atom is 0.138 e. The minimum absolute atomic E-state index is 0.681. The Bertz CT molecular complexity index is 488. The highest BCUT2D eigenvalue weighted by molar-refractivity contribution is 5.57. The highest BCUT2D eigenvalue weighted by Crippen LogP contribution is 2.25. The highest BCUT2D eigenvalue weighted by atomic mass is 16.5. The Morgan fingerprint density at radius 3 is 3.12 bits per heavy atom. The summed E-state index contributed by atoms with van der Waals surface area (Å²) < 4.78 is 7.17. The first-order valence-electron chi connectivity index (χ1n) is 5.53. The first-order valence-corrected chi connectivity index (χ1v) is 5.53. The van der Waals surface area contributed by atoms with Gasteiger partial charge in [-0.15, -0.1) is 0 Å². The van der Waals surface area contributed by atoms with Gasteiger partial charge in [-0.2, -0.15) is 0 Å². The maximum atomic E-state index is 5.14. The van der Waals surface area contributed by atoms with Crippen molar-refractivity contribution in [2.45, 2.75) is 0 Å². The van der Waals surface area contributed by atoms with E-state index in [9.17, 15) is 0 Å². The Morgan fingerprint density at radius 1 is 1.44 bits per heavy atom. The van der Waals surface area contributed by atoms with Gasteiger partial charge in [0.05, 0.1) is 6.61 Å². The molecule has 3 heterocycles. The van der Waals surface area contributed by atoms with Gasteiger partial charge in [0.15, 0.2) is 0 Å². The molecule has 0 radical (unpaired) electrons. The number of imidazole rings is 1. The van der Waals surface area contributed by atoms with Crippen molar-refractivity contribution in [2.75, 3.05) is 31.7 Å². The van der Waals surface area contributed by atoms with Crippen LogP contribution in [0.5, 0.6) is 0 Å². The summed E-state index contributed by atoms with van der Waals surface area (Å²) in [5.74, 6) is 0.681. The molecule has 0 saturated carbocycles. The average Bonchev–Trinajstić information content (AvgIpc) is 2.69. The molecule has 0 spiro atoms. The number of fused-ring (bicyclic) bond motifs is 1. The predicted molar refractivity (Wildman–Crippen MR) is 62.8 cm³/mol. The molecule has 3 rings (SSSR count). The second-order valence-corrected chi connectivity index (χ2v) is 4.30. The lowest BCUT2D eigenvalue weighted by Crippen LogP contribution is -2.48. The second kappa shape index (κ2) is 3.79. The van der Waals surface area contributed by atoms with E-state index in [1.54, 1.807) is 7.11 Å². The lowest BCUT2D eigenvalue weighted by atomic mass is 10.0. The number of aromatic nitrogens is 2. The number of hydrogen-bond acceptors (Lipinski definition) is 3. The van der Waals surface area contributed by atoms with Crippen LogP contribution in [0.15, 0.2) is 30.7 Å². The van der Waals surface area contributed by atoms with Crippen molar-refractivity contribution in [3.8, 4) is 0 Å². The third-order valence-electron chi connectivity index (χ3n) is 3.11. The Balaban J connectivity index is 1.75. The summed E-state index contributed by atoms with van der Waals surface area (Å²) in [6.45, 7) is 3.04. The van der Waals surface area contributed by atoms with Crippen LogP contribution in [0.4, 0.5) is 5.69 Å². The molecule has 4 heteroatoms. The molecule has 0 aliphatic carbocycles. The van der Waals surface area contributed by atoms with Crippen LogP contribution >= 0.6 is 0 Å². The quantitative estimate of drug-likeness (QED) is 0.778. The number of hydrogen-bond donors (Lipinski definition) is 0. The highest BCUT2D eigenvalue weighted by Gasteiger charge is 2.26. The number of nitrogens with zero attached hydrogens (tertiary/aromatic N) is 3. The van der Waals surface area contributed by atoms with Gasteiger partial charge in [0.25, 0.3) is 0 Å². The zero-order chi connectivity index (χ0) is 11.0. The van der Waals surface area contributed by atoms with Crippen LogP contribution in [-0.4, -0.2) is 36.2 Å². The first-order chi connectivity index (χ1) is 7.86. The van der Waals surface area contributed by atoms with Gasteiger partial charge >= 0.3 is 0 Å². The third-order valence-corrected chi connectivity index (χ3v) is 3.11. The van der Waals surface area contributed by atoms with E-state index in [1.165, 1.54) is 5.69 Å². The fourth-order valence-corrected chi connectivity index (χ4v) is 2.22. The van der Waals surface area contributed by atoms with Crippen molar-refractivity contribution >= 4 is 11.3 Å². The molecule has 1 aliphatic rings. The Hall–Kier alpha value is -1.55. The molecule has 2 aromatic rings. The van der Waals surface area contributed by atoms with E-state index in [-0.39, 0.29) is 0 Å². The van der Waals surface area contributed by atoms with Gasteiger partial charge in [-0.25, -0.2) is 4.98 Å². The lowest BCUT2D eigenvalue weighted by Gasteiger charge is -2.40. The molecule has 4 nitrogen and oxygen atoms in total. The number of anilines is 1. The zero-order valence-electron chi connectivity index (χ0n) is 9.34. The van der Waals surface area contributed by atoms with Gasteiger partial charge in [0, 0.05) is 56.5 Å². The summed E-state index contributed by atoms with van der Waals surface area (Å²) in [7, 11) is 1.76. The molecule has 16 heavy (non-hydrogen) atoms. The molecule has 0 bridgehead atoms. The lowest BCUT2D eigenvalue weighted by molar-refractivity contribution is 0.137. The first kappa shape index (κ1) is 9.66. The molecule has 0 N–H and O–H groups in total. The fourth-order valence-electron chi connectivity index (χ4n) is 2.22. The maximum absolute atomic E-state index is 5.14. The smallest absolute Gasteiger partial charge is 0.138 e. The van der Waals surface area contributed by atoms with E-state index in [0.717, 1.165) is 25.3 Å². The SMILES string of the molecule is COCC1CN(c2ccn3ccnc3c2)C1. The summed E-state index contributed by atoms with van der Waals surface area (Å²) in [5.41, 5.74) is 2.26. The van der Waals surface area contributed by atoms with Gasteiger partial charge in [-0.1, -0.05) is 0 Å². The summed E-state index contributed by atoms with van der Waals surface area (Å²) in [6.07, 6.45) is 5.84. The zero-order valence-corrected chi connectivity index (χ0v) is 9.34. The number of ether oxygens (including phenoxy) is 1. The fraction of sp³-hybridized carbons (Fsp3) is 0.417. The molecule has 2 aromatic heterocycles. The van der Waals surface area contributed by atoms with Gasteiger partial charge in [0.2, 0.25) is 0 Å². The molecule has 0 atom stereocenters. The third kappa shape index (κ3) is 1.55.